The maximum absolute atomic E-state index is 12.3. The highest BCUT2D eigenvalue weighted by atomic mass is 16.4. The third kappa shape index (κ3) is 5.14. The van der Waals surface area contributed by atoms with Gasteiger partial charge >= 0.3 is 5.97 Å². The number of likely N-dealkylation sites (N-methyl/N-ethyl adjacent to an activating group) is 1. The number of rotatable bonds is 9. The lowest BCUT2D eigenvalue weighted by molar-refractivity contribution is -0.139. The second kappa shape index (κ2) is 9.81. The number of hydrogen-bond acceptors (Lipinski definition) is 9. The number of nitrogens with zero attached hydrogens (tertiary/aromatic N) is 2. The summed E-state index contributed by atoms with van der Waals surface area (Å²) in [6.07, 6.45) is 0.689. The predicted octanol–water partition coefficient (Wildman–Crippen LogP) is -0.143. The Labute approximate surface area is 183 Å². The Bertz CT molecular complexity index is 1050. The number of nitrogen functional groups attached to an aromatic ring is 1. The fraction of sp³-hybridized carbons (Fsp3) is 0.350. The van der Waals surface area contributed by atoms with E-state index in [0.29, 0.717) is 36.4 Å². The van der Waals surface area contributed by atoms with Crippen LogP contribution in [-0.2, 0) is 9.59 Å². The fourth-order valence-electron chi connectivity index (χ4n) is 3.39. The molecule has 0 aliphatic carbocycles. The number of benzene rings is 1. The lowest BCUT2D eigenvalue weighted by atomic mass is 10.1. The molecule has 7 N–H and O–H groups in total. The van der Waals surface area contributed by atoms with E-state index in [2.05, 4.69) is 25.9 Å². The molecule has 1 amide bonds. The van der Waals surface area contributed by atoms with Crippen molar-refractivity contribution in [3.63, 3.8) is 0 Å². The van der Waals surface area contributed by atoms with Gasteiger partial charge in [0, 0.05) is 37.8 Å². The molecule has 2 aromatic rings. The van der Waals surface area contributed by atoms with Gasteiger partial charge in [-0.2, -0.15) is 4.98 Å². The van der Waals surface area contributed by atoms with Gasteiger partial charge in [-0.25, -0.2) is 4.79 Å². The number of fused-ring (bicyclic) bond motifs is 1. The highest BCUT2D eigenvalue weighted by Gasteiger charge is 2.27. The molecule has 3 rings (SSSR count). The minimum atomic E-state index is -1.19. The SMILES string of the molecule is CN1c2c(nc(N)[nH]c2=O)NCC1CNc1ccc(C(=O)N[C@@H](CCC=O)C(=O)O)cc1. The number of carboxylic acids is 1. The summed E-state index contributed by atoms with van der Waals surface area (Å²) >= 11 is 0. The van der Waals surface area contributed by atoms with Crippen molar-refractivity contribution in [2.24, 2.45) is 0 Å². The Morgan fingerprint density at radius 3 is 2.75 bits per heavy atom. The van der Waals surface area contributed by atoms with Crippen LogP contribution in [0.4, 0.5) is 23.1 Å². The van der Waals surface area contributed by atoms with E-state index >= 15 is 0 Å². The van der Waals surface area contributed by atoms with Gasteiger partial charge in [-0.3, -0.25) is 14.6 Å². The van der Waals surface area contributed by atoms with Gasteiger partial charge in [0.1, 0.15) is 18.0 Å². The van der Waals surface area contributed by atoms with Crippen LogP contribution < -0.4 is 32.1 Å². The molecule has 0 bridgehead atoms. The molecule has 0 fully saturated rings. The number of H-pyrrole nitrogens is 1. The van der Waals surface area contributed by atoms with Crippen LogP contribution in [0.1, 0.15) is 23.2 Å². The first-order chi connectivity index (χ1) is 15.3. The second-order valence-corrected chi connectivity index (χ2v) is 7.36. The van der Waals surface area contributed by atoms with E-state index in [9.17, 15) is 19.2 Å². The summed E-state index contributed by atoms with van der Waals surface area (Å²) < 4.78 is 0. The van der Waals surface area contributed by atoms with Crippen molar-refractivity contribution >= 4 is 41.3 Å². The number of aliphatic carboxylic acids is 1. The van der Waals surface area contributed by atoms with Crippen LogP contribution in [0.25, 0.3) is 0 Å². The molecule has 0 spiro atoms. The number of anilines is 4. The summed E-state index contributed by atoms with van der Waals surface area (Å²) in [5.41, 5.74) is 6.72. The van der Waals surface area contributed by atoms with E-state index in [1.807, 2.05) is 4.90 Å². The lowest BCUT2D eigenvalue weighted by Crippen LogP contribution is -2.48. The zero-order chi connectivity index (χ0) is 23.3. The number of hydrogen-bond donors (Lipinski definition) is 6. The summed E-state index contributed by atoms with van der Waals surface area (Å²) in [6.45, 7) is 1.05. The largest absolute Gasteiger partial charge is 0.480 e. The van der Waals surface area contributed by atoms with Crippen molar-refractivity contribution in [3.8, 4) is 0 Å². The number of nitrogens with two attached hydrogens (primary N) is 1. The first kappa shape index (κ1) is 22.6. The maximum Gasteiger partial charge on any atom is 0.326 e. The van der Waals surface area contributed by atoms with Crippen LogP contribution in [0.2, 0.25) is 0 Å². The van der Waals surface area contributed by atoms with Gasteiger partial charge in [0.25, 0.3) is 11.5 Å². The molecule has 12 nitrogen and oxygen atoms in total. The number of nitrogens with one attached hydrogen (secondary N) is 4. The average Bonchev–Trinajstić information content (AvgIpc) is 2.75. The van der Waals surface area contributed by atoms with Gasteiger partial charge in [0.15, 0.2) is 5.82 Å². The van der Waals surface area contributed by atoms with E-state index in [-0.39, 0.29) is 30.4 Å². The molecular formula is C20H25N7O5. The Kier molecular flexibility index (Phi) is 6.93. The Balaban J connectivity index is 1.59. The average molecular weight is 443 g/mol. The molecule has 1 aromatic heterocycles. The third-order valence-corrected chi connectivity index (χ3v) is 5.18. The molecule has 170 valence electrons. The molecule has 2 atom stereocenters. The molecule has 1 aliphatic heterocycles. The minimum Gasteiger partial charge on any atom is -0.480 e. The molecule has 0 saturated carbocycles. The molecule has 32 heavy (non-hydrogen) atoms. The van der Waals surface area contributed by atoms with Gasteiger partial charge in [-0.15, -0.1) is 0 Å². The Morgan fingerprint density at radius 2 is 2.09 bits per heavy atom. The van der Waals surface area contributed by atoms with Gasteiger partial charge < -0.3 is 36.5 Å². The molecular weight excluding hydrogens is 418 g/mol. The molecule has 2 heterocycles. The maximum atomic E-state index is 12.3. The van der Waals surface area contributed by atoms with Gasteiger partial charge in [-0.1, -0.05) is 0 Å². The van der Waals surface area contributed by atoms with Crippen molar-refractivity contribution in [1.29, 1.82) is 0 Å². The number of carbonyl (C=O) groups is 3. The third-order valence-electron chi connectivity index (χ3n) is 5.18. The number of aromatic nitrogens is 2. The molecule has 1 aliphatic rings. The summed E-state index contributed by atoms with van der Waals surface area (Å²) in [5, 5.41) is 17.9. The fourth-order valence-corrected chi connectivity index (χ4v) is 3.39. The Morgan fingerprint density at radius 1 is 1.38 bits per heavy atom. The predicted molar refractivity (Wildman–Crippen MR) is 119 cm³/mol. The number of aromatic amines is 1. The molecule has 0 radical (unpaired) electrons. The normalized spacial score (nSPS) is 15.8. The number of carboxylic acid groups (broad SMARTS) is 1. The second-order valence-electron chi connectivity index (χ2n) is 7.36. The summed E-state index contributed by atoms with van der Waals surface area (Å²) in [5.74, 6) is -1.24. The van der Waals surface area contributed by atoms with Crippen LogP contribution in [0.3, 0.4) is 0 Å². The van der Waals surface area contributed by atoms with Crippen molar-refractivity contribution in [1.82, 2.24) is 15.3 Å². The van der Waals surface area contributed by atoms with E-state index < -0.39 is 17.9 Å². The van der Waals surface area contributed by atoms with Crippen molar-refractivity contribution in [2.45, 2.75) is 24.9 Å². The molecule has 1 aromatic carbocycles. The summed E-state index contributed by atoms with van der Waals surface area (Å²) in [6, 6.07) is 5.38. The zero-order valence-electron chi connectivity index (χ0n) is 17.4. The first-order valence-electron chi connectivity index (χ1n) is 9.98. The minimum absolute atomic E-state index is 0.0290. The van der Waals surface area contributed by atoms with E-state index in [1.165, 1.54) is 0 Å². The van der Waals surface area contributed by atoms with Crippen molar-refractivity contribution in [3.05, 3.63) is 40.2 Å². The van der Waals surface area contributed by atoms with E-state index in [0.717, 1.165) is 5.69 Å². The molecule has 1 unspecified atom stereocenters. The van der Waals surface area contributed by atoms with Crippen LogP contribution in [0, 0.1) is 0 Å². The van der Waals surface area contributed by atoms with E-state index in [4.69, 9.17) is 10.8 Å². The van der Waals surface area contributed by atoms with Crippen LogP contribution in [-0.4, -0.2) is 65.5 Å². The molecule has 12 heteroatoms. The molecule has 0 saturated heterocycles. The van der Waals surface area contributed by atoms with Gasteiger partial charge in [0.2, 0.25) is 5.95 Å². The number of carbonyl (C=O) groups excluding carboxylic acids is 2. The van der Waals surface area contributed by atoms with Crippen LogP contribution >= 0.6 is 0 Å². The number of aldehydes is 1. The highest BCUT2D eigenvalue weighted by Crippen LogP contribution is 2.25. The standard InChI is InChI=1S/C20H25N7O5/c1-27-13(10-23-16-15(27)18(30)26-20(21)25-16)9-22-12-6-4-11(5-7-12)17(29)24-14(19(31)32)3-2-8-28/h4-8,13-14,22H,2-3,9-10H2,1H3,(H,24,29)(H,31,32)(H4,21,23,25,26,30)/t13?,14-/m0/s1. The van der Waals surface area contributed by atoms with Gasteiger partial charge in [-0.05, 0) is 30.7 Å². The van der Waals surface area contributed by atoms with Crippen LogP contribution in [0.5, 0.6) is 0 Å². The quantitative estimate of drug-likeness (QED) is 0.285. The van der Waals surface area contributed by atoms with E-state index in [1.54, 1.807) is 31.3 Å². The smallest absolute Gasteiger partial charge is 0.326 e. The monoisotopic (exact) mass is 443 g/mol. The topological polar surface area (TPSA) is 183 Å². The lowest BCUT2D eigenvalue weighted by Gasteiger charge is -2.35. The Hall–Kier alpha value is -4.09. The summed E-state index contributed by atoms with van der Waals surface area (Å²) in [7, 11) is 1.80. The van der Waals surface area contributed by atoms with Crippen LogP contribution in [0.15, 0.2) is 29.1 Å². The van der Waals surface area contributed by atoms with Gasteiger partial charge in [0.05, 0.1) is 6.04 Å². The first-order valence-corrected chi connectivity index (χ1v) is 9.98. The van der Waals surface area contributed by atoms with Crippen molar-refractivity contribution < 1.29 is 19.5 Å². The van der Waals surface area contributed by atoms with Crippen molar-refractivity contribution in [2.75, 3.05) is 41.4 Å². The number of amides is 1. The highest BCUT2D eigenvalue weighted by molar-refractivity contribution is 5.96. The summed E-state index contributed by atoms with van der Waals surface area (Å²) in [4.78, 5) is 54.6. The zero-order valence-corrected chi connectivity index (χ0v) is 17.4.